The van der Waals surface area contributed by atoms with Crippen LogP contribution in [0.15, 0.2) is 42.7 Å². The summed E-state index contributed by atoms with van der Waals surface area (Å²) in [6.45, 7) is 2.83. The van der Waals surface area contributed by atoms with Crippen molar-refractivity contribution in [3.05, 3.63) is 59.4 Å². The molecule has 0 spiro atoms. The minimum atomic E-state index is -0.481. The molecule has 4 heteroatoms. The summed E-state index contributed by atoms with van der Waals surface area (Å²) in [4.78, 5) is 6.50. The van der Waals surface area contributed by atoms with E-state index < -0.39 is 6.10 Å². The summed E-state index contributed by atoms with van der Waals surface area (Å²) in [5.41, 5.74) is 4.00. The summed E-state index contributed by atoms with van der Waals surface area (Å²) in [5.74, 6) is 1.79. The second-order valence-electron chi connectivity index (χ2n) is 8.43. The zero-order valence-corrected chi connectivity index (χ0v) is 16.7. The van der Waals surface area contributed by atoms with Crippen LogP contribution in [0.25, 0.3) is 0 Å². The van der Waals surface area contributed by atoms with Gasteiger partial charge in [-0.3, -0.25) is 9.88 Å². The van der Waals surface area contributed by atoms with E-state index in [2.05, 4.69) is 34.1 Å². The number of aromatic nitrogens is 1. The Bertz CT molecular complexity index is 758. The van der Waals surface area contributed by atoms with Crippen molar-refractivity contribution in [2.45, 2.75) is 57.6 Å². The number of fused-ring (bicyclic) bond motifs is 1. The quantitative estimate of drug-likeness (QED) is 0.752. The van der Waals surface area contributed by atoms with Gasteiger partial charge in [0, 0.05) is 32.0 Å². The van der Waals surface area contributed by atoms with Crippen molar-refractivity contribution in [2.24, 2.45) is 5.92 Å². The monoisotopic (exact) mass is 380 g/mol. The Hall–Kier alpha value is -1.91. The lowest BCUT2D eigenvalue weighted by Gasteiger charge is -2.30. The minimum absolute atomic E-state index is 0.339. The molecule has 1 N–H and O–H groups in total. The van der Waals surface area contributed by atoms with Gasteiger partial charge in [0.1, 0.15) is 18.5 Å². The number of β-amino-alcohol motifs (C(OH)–C–C–N with tert-alkyl or cyclic N) is 1. The Morgan fingerprint density at radius 2 is 2.07 bits per heavy atom. The fraction of sp³-hybridized carbons (Fsp3) is 0.542. The van der Waals surface area contributed by atoms with Gasteiger partial charge in [0.15, 0.2) is 0 Å². The molecular weight excluding hydrogens is 348 g/mol. The number of pyridine rings is 1. The molecule has 1 unspecified atom stereocenters. The molecule has 0 bridgehead atoms. The Labute approximate surface area is 168 Å². The molecule has 0 amide bonds. The van der Waals surface area contributed by atoms with Crippen molar-refractivity contribution in [2.75, 3.05) is 19.7 Å². The second-order valence-corrected chi connectivity index (χ2v) is 8.43. The van der Waals surface area contributed by atoms with Gasteiger partial charge in [-0.25, -0.2) is 0 Å². The summed E-state index contributed by atoms with van der Waals surface area (Å²) in [6, 6.07) is 10.5. The molecule has 4 nitrogen and oxygen atoms in total. The minimum Gasteiger partial charge on any atom is -0.491 e. The van der Waals surface area contributed by atoms with Gasteiger partial charge >= 0.3 is 0 Å². The number of hydrogen-bond acceptors (Lipinski definition) is 4. The zero-order valence-electron chi connectivity index (χ0n) is 16.7. The molecular formula is C24H32N2O2. The van der Waals surface area contributed by atoms with Crippen LogP contribution in [0.1, 0.15) is 48.8 Å². The number of ether oxygens (including phenoxy) is 1. The maximum absolute atomic E-state index is 10.4. The number of benzene rings is 1. The Morgan fingerprint density at radius 3 is 2.96 bits per heavy atom. The fourth-order valence-corrected chi connectivity index (χ4v) is 4.59. The van der Waals surface area contributed by atoms with E-state index >= 15 is 0 Å². The number of aliphatic hydroxyl groups excluding tert-OH is 1. The van der Waals surface area contributed by atoms with Crippen LogP contribution in [0.4, 0.5) is 0 Å². The summed E-state index contributed by atoms with van der Waals surface area (Å²) < 4.78 is 5.90. The molecule has 2 aliphatic rings. The van der Waals surface area contributed by atoms with Crippen LogP contribution in [-0.4, -0.2) is 40.8 Å². The first-order chi connectivity index (χ1) is 13.8. The molecule has 1 fully saturated rings. The first-order valence-corrected chi connectivity index (χ1v) is 10.8. The Morgan fingerprint density at radius 1 is 1.18 bits per heavy atom. The fourth-order valence-electron chi connectivity index (χ4n) is 4.59. The van der Waals surface area contributed by atoms with Crippen molar-refractivity contribution in [1.29, 1.82) is 0 Å². The molecule has 1 aliphatic heterocycles. The van der Waals surface area contributed by atoms with E-state index in [0.29, 0.717) is 13.2 Å². The highest BCUT2D eigenvalue weighted by Gasteiger charge is 2.19. The van der Waals surface area contributed by atoms with Gasteiger partial charge in [-0.05, 0) is 60.1 Å². The molecule has 4 rings (SSSR count). The second kappa shape index (κ2) is 9.53. The maximum atomic E-state index is 10.4. The molecule has 0 saturated heterocycles. The molecule has 1 aromatic carbocycles. The summed E-state index contributed by atoms with van der Waals surface area (Å²) in [6.07, 6.45) is 12.4. The third kappa shape index (κ3) is 5.33. The van der Waals surface area contributed by atoms with Crippen LogP contribution in [0.5, 0.6) is 5.75 Å². The van der Waals surface area contributed by atoms with Gasteiger partial charge < -0.3 is 9.84 Å². The number of hydrogen-bond donors (Lipinski definition) is 1. The first-order valence-electron chi connectivity index (χ1n) is 10.8. The molecule has 28 heavy (non-hydrogen) atoms. The molecule has 1 aliphatic carbocycles. The van der Waals surface area contributed by atoms with Crippen molar-refractivity contribution in [3.8, 4) is 5.75 Å². The van der Waals surface area contributed by atoms with Gasteiger partial charge in [-0.15, -0.1) is 0 Å². The van der Waals surface area contributed by atoms with Gasteiger partial charge in [0.2, 0.25) is 0 Å². The van der Waals surface area contributed by atoms with E-state index in [4.69, 9.17) is 4.74 Å². The lowest BCUT2D eigenvalue weighted by Crippen LogP contribution is -2.38. The maximum Gasteiger partial charge on any atom is 0.119 e. The van der Waals surface area contributed by atoms with Crippen molar-refractivity contribution in [1.82, 2.24) is 9.88 Å². The highest BCUT2D eigenvalue weighted by atomic mass is 16.5. The van der Waals surface area contributed by atoms with E-state index in [1.807, 2.05) is 18.5 Å². The Kier molecular flexibility index (Phi) is 6.61. The van der Waals surface area contributed by atoms with Crippen molar-refractivity contribution >= 4 is 0 Å². The lowest BCUT2D eigenvalue weighted by atomic mass is 9.98. The number of nitrogens with zero attached hydrogens (tertiary/aromatic N) is 2. The number of aryl methyl sites for hydroxylation is 1. The van der Waals surface area contributed by atoms with Crippen molar-refractivity contribution < 1.29 is 9.84 Å². The smallest absolute Gasteiger partial charge is 0.119 e. The van der Waals surface area contributed by atoms with Gasteiger partial charge in [-0.1, -0.05) is 37.8 Å². The largest absolute Gasteiger partial charge is 0.491 e. The molecule has 1 aromatic heterocycles. The molecule has 1 atom stereocenters. The van der Waals surface area contributed by atoms with E-state index in [1.165, 1.54) is 48.8 Å². The topological polar surface area (TPSA) is 45.6 Å². The standard InChI is InChI=1S/C24H32N2O2/c27-23(17-26-13-11-21-15-25-12-10-22(21)16-26)18-28-24-7-3-6-20(14-24)9-8-19-4-1-2-5-19/h3,6-7,10,12,14-15,19,23,27H,1-2,4-5,8-9,11,13,16-18H2. The Balaban J connectivity index is 1.22. The van der Waals surface area contributed by atoms with Crippen LogP contribution in [0.3, 0.4) is 0 Å². The summed E-state index contributed by atoms with van der Waals surface area (Å²) in [7, 11) is 0. The zero-order chi connectivity index (χ0) is 19.2. The van der Waals surface area contributed by atoms with E-state index in [9.17, 15) is 5.11 Å². The molecule has 0 radical (unpaired) electrons. The summed E-state index contributed by atoms with van der Waals surface area (Å²) >= 11 is 0. The van der Waals surface area contributed by atoms with E-state index in [1.54, 1.807) is 0 Å². The molecule has 2 aromatic rings. The number of rotatable bonds is 8. The van der Waals surface area contributed by atoms with E-state index in [0.717, 1.165) is 37.6 Å². The predicted octanol–water partition coefficient (Wildman–Crippen LogP) is 4.00. The van der Waals surface area contributed by atoms with Gasteiger partial charge in [0.05, 0.1) is 0 Å². The summed E-state index contributed by atoms with van der Waals surface area (Å²) in [5, 5.41) is 10.4. The normalized spacial score (nSPS) is 18.8. The van der Waals surface area contributed by atoms with Crippen LogP contribution in [0, 0.1) is 5.92 Å². The predicted molar refractivity (Wildman–Crippen MR) is 111 cm³/mol. The highest BCUT2D eigenvalue weighted by molar-refractivity contribution is 5.29. The van der Waals surface area contributed by atoms with E-state index in [-0.39, 0.29) is 0 Å². The third-order valence-electron chi connectivity index (χ3n) is 6.22. The van der Waals surface area contributed by atoms with Crippen LogP contribution in [-0.2, 0) is 19.4 Å². The van der Waals surface area contributed by atoms with Gasteiger partial charge in [-0.2, -0.15) is 0 Å². The van der Waals surface area contributed by atoms with Gasteiger partial charge in [0.25, 0.3) is 0 Å². The SMILES string of the molecule is OC(COc1cccc(CCC2CCCC2)c1)CN1CCc2cnccc2C1. The van der Waals surface area contributed by atoms with Crippen LogP contribution < -0.4 is 4.74 Å². The third-order valence-corrected chi connectivity index (χ3v) is 6.22. The first kappa shape index (κ1) is 19.4. The van der Waals surface area contributed by atoms with Crippen molar-refractivity contribution in [3.63, 3.8) is 0 Å². The lowest BCUT2D eigenvalue weighted by molar-refractivity contribution is 0.0637. The average Bonchev–Trinajstić information content (AvgIpc) is 3.25. The molecule has 150 valence electrons. The molecule has 2 heterocycles. The average molecular weight is 381 g/mol. The number of aliphatic hydroxyl groups is 1. The highest BCUT2D eigenvalue weighted by Crippen LogP contribution is 2.29. The van der Waals surface area contributed by atoms with Crippen LogP contribution >= 0.6 is 0 Å². The van der Waals surface area contributed by atoms with Crippen LogP contribution in [0.2, 0.25) is 0 Å². The molecule has 1 saturated carbocycles.